The Morgan fingerprint density at radius 3 is 2.47 bits per heavy atom. The SMILES string of the molecule is Cc1nn([C@@H]2CCS(=O)(=O)C2)c(C)c1CN(C)Cn1nc(C)c2ccccc2c1=O. The first kappa shape index (κ1) is 20.7. The first-order valence-electron chi connectivity index (χ1n) is 10.1. The summed E-state index contributed by atoms with van der Waals surface area (Å²) in [7, 11) is -1.03. The molecule has 1 saturated heterocycles. The van der Waals surface area contributed by atoms with Crippen molar-refractivity contribution in [3.8, 4) is 0 Å². The summed E-state index contributed by atoms with van der Waals surface area (Å²) < 4.78 is 27.1. The van der Waals surface area contributed by atoms with Gasteiger partial charge in [0.15, 0.2) is 9.84 Å². The molecule has 0 radical (unpaired) electrons. The van der Waals surface area contributed by atoms with Crippen molar-refractivity contribution in [2.24, 2.45) is 0 Å². The summed E-state index contributed by atoms with van der Waals surface area (Å²) in [5.74, 6) is 0.376. The molecule has 0 saturated carbocycles. The van der Waals surface area contributed by atoms with Crippen LogP contribution in [-0.4, -0.2) is 51.4 Å². The third kappa shape index (κ3) is 3.79. The molecular formula is C21H27N5O3S. The number of aryl methyl sites for hydroxylation is 2. The van der Waals surface area contributed by atoms with Crippen molar-refractivity contribution >= 4 is 20.6 Å². The van der Waals surface area contributed by atoms with Crippen LogP contribution >= 0.6 is 0 Å². The van der Waals surface area contributed by atoms with Crippen molar-refractivity contribution in [2.45, 2.75) is 46.4 Å². The average Bonchev–Trinajstić information content (AvgIpc) is 3.19. The van der Waals surface area contributed by atoms with Crippen LogP contribution in [0.4, 0.5) is 0 Å². The standard InChI is InChI=1S/C21H27N5O3S/c1-14-18-7-5-6-8-19(18)21(27)25(22-14)13-24(4)11-20-15(2)23-26(16(20)3)17-9-10-30(28,29)12-17/h5-8,17H,9-13H2,1-4H3/t17-/m1/s1. The smallest absolute Gasteiger partial charge is 0.275 e. The number of aromatic nitrogens is 4. The van der Waals surface area contributed by atoms with Gasteiger partial charge in [-0.1, -0.05) is 18.2 Å². The zero-order valence-corrected chi connectivity index (χ0v) is 18.6. The fourth-order valence-corrected chi connectivity index (χ4v) is 5.99. The Kier molecular flexibility index (Phi) is 5.27. The van der Waals surface area contributed by atoms with Crippen molar-refractivity contribution in [2.75, 3.05) is 18.6 Å². The summed E-state index contributed by atoms with van der Waals surface area (Å²) in [5, 5.41) is 10.7. The lowest BCUT2D eigenvalue weighted by Gasteiger charge is -2.19. The largest absolute Gasteiger partial charge is 0.283 e. The maximum atomic E-state index is 12.8. The highest BCUT2D eigenvalue weighted by molar-refractivity contribution is 7.91. The predicted octanol–water partition coefficient (Wildman–Crippen LogP) is 1.97. The molecule has 1 aliphatic rings. The number of benzene rings is 1. The second kappa shape index (κ2) is 7.63. The lowest BCUT2D eigenvalue weighted by Crippen LogP contribution is -2.32. The summed E-state index contributed by atoms with van der Waals surface area (Å²) in [5.41, 5.74) is 3.65. The van der Waals surface area contributed by atoms with E-state index in [0.29, 0.717) is 25.0 Å². The third-order valence-corrected chi connectivity index (χ3v) is 7.64. The molecular weight excluding hydrogens is 402 g/mol. The fourth-order valence-electron chi connectivity index (χ4n) is 4.30. The van der Waals surface area contributed by atoms with Gasteiger partial charge in [0.05, 0.1) is 41.0 Å². The van der Waals surface area contributed by atoms with Crippen molar-refractivity contribution in [3.05, 3.63) is 57.3 Å². The van der Waals surface area contributed by atoms with Crippen LogP contribution in [0.3, 0.4) is 0 Å². The quantitative estimate of drug-likeness (QED) is 0.616. The van der Waals surface area contributed by atoms with Crippen LogP contribution in [0.15, 0.2) is 29.1 Å². The zero-order valence-electron chi connectivity index (χ0n) is 17.8. The molecule has 0 bridgehead atoms. The molecule has 0 aliphatic carbocycles. The maximum Gasteiger partial charge on any atom is 0.275 e. The molecule has 0 N–H and O–H groups in total. The Balaban J connectivity index is 1.57. The summed E-state index contributed by atoms with van der Waals surface area (Å²) >= 11 is 0. The highest BCUT2D eigenvalue weighted by atomic mass is 32.2. The number of hydrogen-bond donors (Lipinski definition) is 0. The van der Waals surface area contributed by atoms with E-state index in [1.54, 1.807) is 0 Å². The van der Waals surface area contributed by atoms with E-state index in [1.807, 2.05) is 61.7 Å². The Labute approximate surface area is 176 Å². The monoisotopic (exact) mass is 429 g/mol. The van der Waals surface area contributed by atoms with Gasteiger partial charge in [-0.25, -0.2) is 13.1 Å². The minimum absolute atomic E-state index is 0.0971. The Bertz CT molecular complexity index is 1280. The maximum absolute atomic E-state index is 12.8. The van der Waals surface area contributed by atoms with E-state index in [9.17, 15) is 13.2 Å². The van der Waals surface area contributed by atoms with Gasteiger partial charge in [-0.15, -0.1) is 0 Å². The second-order valence-corrected chi connectivity index (χ2v) is 10.5. The van der Waals surface area contributed by atoms with E-state index in [-0.39, 0.29) is 23.1 Å². The van der Waals surface area contributed by atoms with E-state index in [4.69, 9.17) is 0 Å². The molecule has 160 valence electrons. The molecule has 1 atom stereocenters. The number of sulfone groups is 1. The third-order valence-electron chi connectivity index (χ3n) is 5.88. The van der Waals surface area contributed by atoms with Gasteiger partial charge in [-0.3, -0.25) is 14.4 Å². The fraction of sp³-hybridized carbons (Fsp3) is 0.476. The molecule has 0 spiro atoms. The number of hydrogen-bond acceptors (Lipinski definition) is 6. The van der Waals surface area contributed by atoms with Crippen LogP contribution in [0.2, 0.25) is 0 Å². The van der Waals surface area contributed by atoms with Crippen LogP contribution in [0.5, 0.6) is 0 Å². The first-order chi connectivity index (χ1) is 14.2. The molecule has 1 aromatic carbocycles. The predicted molar refractivity (Wildman–Crippen MR) is 116 cm³/mol. The Hall–Kier alpha value is -2.52. The molecule has 8 nitrogen and oxygen atoms in total. The van der Waals surface area contributed by atoms with Crippen molar-refractivity contribution < 1.29 is 8.42 Å². The molecule has 30 heavy (non-hydrogen) atoms. The normalized spacial score (nSPS) is 18.5. The molecule has 2 aromatic heterocycles. The van der Waals surface area contributed by atoms with Gasteiger partial charge in [-0.2, -0.15) is 10.2 Å². The topological polar surface area (TPSA) is 90.1 Å². The zero-order chi connectivity index (χ0) is 21.6. The summed E-state index contributed by atoms with van der Waals surface area (Å²) in [6.07, 6.45) is 0.606. The lowest BCUT2D eigenvalue weighted by atomic mass is 10.1. The summed E-state index contributed by atoms with van der Waals surface area (Å²) in [4.78, 5) is 14.9. The van der Waals surface area contributed by atoms with E-state index in [1.165, 1.54) is 4.68 Å². The van der Waals surface area contributed by atoms with E-state index in [2.05, 4.69) is 10.2 Å². The first-order valence-corrected chi connectivity index (χ1v) is 11.9. The van der Waals surface area contributed by atoms with Gasteiger partial charge < -0.3 is 0 Å². The number of rotatable bonds is 5. The van der Waals surface area contributed by atoms with Crippen molar-refractivity contribution in [3.63, 3.8) is 0 Å². The van der Waals surface area contributed by atoms with Crippen LogP contribution in [0, 0.1) is 20.8 Å². The van der Waals surface area contributed by atoms with Crippen LogP contribution in [0.1, 0.15) is 35.1 Å². The van der Waals surface area contributed by atoms with Crippen molar-refractivity contribution in [1.29, 1.82) is 0 Å². The van der Waals surface area contributed by atoms with Gasteiger partial charge >= 0.3 is 0 Å². The molecule has 4 rings (SSSR count). The van der Waals surface area contributed by atoms with E-state index in [0.717, 1.165) is 28.0 Å². The van der Waals surface area contributed by atoms with Crippen molar-refractivity contribution in [1.82, 2.24) is 24.5 Å². The highest BCUT2D eigenvalue weighted by Gasteiger charge is 2.31. The van der Waals surface area contributed by atoms with Crippen LogP contribution in [0.25, 0.3) is 10.8 Å². The average molecular weight is 430 g/mol. The lowest BCUT2D eigenvalue weighted by molar-refractivity contribution is 0.239. The van der Waals surface area contributed by atoms with Crippen LogP contribution < -0.4 is 5.56 Å². The van der Waals surface area contributed by atoms with E-state index >= 15 is 0 Å². The Morgan fingerprint density at radius 2 is 1.80 bits per heavy atom. The summed E-state index contributed by atoms with van der Waals surface area (Å²) in [6.45, 7) is 6.79. The second-order valence-electron chi connectivity index (χ2n) is 8.24. The molecule has 1 aliphatic heterocycles. The molecule has 3 heterocycles. The number of nitrogens with zero attached hydrogens (tertiary/aromatic N) is 5. The molecule has 0 unspecified atom stereocenters. The molecule has 1 fully saturated rings. The molecule has 3 aromatic rings. The minimum atomic E-state index is -2.97. The Morgan fingerprint density at radius 1 is 1.10 bits per heavy atom. The van der Waals surface area contributed by atoms with Gasteiger partial charge in [-0.05, 0) is 40.3 Å². The van der Waals surface area contributed by atoms with Gasteiger partial charge in [0.2, 0.25) is 0 Å². The van der Waals surface area contributed by atoms with E-state index < -0.39 is 9.84 Å². The van der Waals surface area contributed by atoms with Gasteiger partial charge in [0.1, 0.15) is 0 Å². The van der Waals surface area contributed by atoms with Crippen LogP contribution in [-0.2, 0) is 23.1 Å². The summed E-state index contributed by atoms with van der Waals surface area (Å²) in [6, 6.07) is 7.42. The number of fused-ring (bicyclic) bond motifs is 1. The molecule has 9 heteroatoms. The highest BCUT2D eigenvalue weighted by Crippen LogP contribution is 2.27. The molecule has 0 amide bonds. The van der Waals surface area contributed by atoms with Gasteiger partial charge in [0.25, 0.3) is 5.56 Å². The minimum Gasteiger partial charge on any atom is -0.283 e. The van der Waals surface area contributed by atoms with Gasteiger partial charge in [0, 0.05) is 23.2 Å².